The van der Waals surface area contributed by atoms with Gasteiger partial charge in [0.05, 0.1) is 0 Å². The molecule has 4 rings (SSSR count). The van der Waals surface area contributed by atoms with Crippen LogP contribution < -0.4 is 15.8 Å². The molecule has 0 aliphatic carbocycles. The third kappa shape index (κ3) is 3.95. The molecule has 2 aliphatic heterocycles. The first-order valence-electron chi connectivity index (χ1n) is 9.48. The first-order chi connectivity index (χ1) is 13.1. The highest BCUT2D eigenvalue weighted by Gasteiger charge is 2.34. The number of hydrogen-bond acceptors (Lipinski definition) is 4. The minimum absolute atomic E-state index is 0.0569. The quantitative estimate of drug-likeness (QED) is 0.854. The predicted octanol–water partition coefficient (Wildman–Crippen LogP) is 2.90. The van der Waals surface area contributed by atoms with E-state index in [1.165, 1.54) is 11.3 Å². The number of aryl methyl sites for hydroxylation is 1. The number of amides is 1. The van der Waals surface area contributed by atoms with Gasteiger partial charge in [-0.15, -0.1) is 0 Å². The number of rotatable bonds is 3. The van der Waals surface area contributed by atoms with Crippen LogP contribution in [0.5, 0.6) is 0 Å². The number of nitrogens with one attached hydrogen (secondary N) is 2. The summed E-state index contributed by atoms with van der Waals surface area (Å²) < 4.78 is 0. The van der Waals surface area contributed by atoms with E-state index < -0.39 is 0 Å². The Morgan fingerprint density at radius 1 is 1.00 bits per heavy atom. The van der Waals surface area contributed by atoms with Crippen molar-refractivity contribution >= 4 is 23.2 Å². The van der Waals surface area contributed by atoms with E-state index in [1.807, 2.05) is 29.2 Å². The molecule has 2 aromatic rings. The SMILES string of the molecule is Cc1ccc(N2CCN(C(=O)C3CC(c4ccccc4Cl)NN3)CC2)cc1. The summed E-state index contributed by atoms with van der Waals surface area (Å²) in [4.78, 5) is 17.2. The number of anilines is 1. The van der Waals surface area contributed by atoms with Crippen molar-refractivity contribution in [2.75, 3.05) is 31.1 Å². The summed E-state index contributed by atoms with van der Waals surface area (Å²) in [5, 5.41) is 0.733. The number of hydrogen-bond donors (Lipinski definition) is 2. The topological polar surface area (TPSA) is 47.6 Å². The first-order valence-corrected chi connectivity index (χ1v) is 9.85. The fraction of sp³-hybridized carbons (Fsp3) is 0.381. The van der Waals surface area contributed by atoms with Crippen molar-refractivity contribution in [2.24, 2.45) is 0 Å². The maximum Gasteiger partial charge on any atom is 0.241 e. The van der Waals surface area contributed by atoms with E-state index in [0.29, 0.717) is 6.42 Å². The highest BCUT2D eigenvalue weighted by atomic mass is 35.5. The molecule has 0 saturated carbocycles. The molecule has 2 heterocycles. The van der Waals surface area contributed by atoms with E-state index >= 15 is 0 Å². The van der Waals surface area contributed by atoms with Gasteiger partial charge >= 0.3 is 0 Å². The summed E-state index contributed by atoms with van der Waals surface area (Å²) >= 11 is 6.30. The highest BCUT2D eigenvalue weighted by molar-refractivity contribution is 6.31. The van der Waals surface area contributed by atoms with Crippen molar-refractivity contribution in [3.8, 4) is 0 Å². The smallest absolute Gasteiger partial charge is 0.241 e. The maximum atomic E-state index is 12.9. The molecule has 1 amide bonds. The van der Waals surface area contributed by atoms with Crippen LogP contribution in [0.1, 0.15) is 23.6 Å². The number of hydrazine groups is 1. The Morgan fingerprint density at radius 3 is 2.41 bits per heavy atom. The molecule has 2 atom stereocenters. The second-order valence-electron chi connectivity index (χ2n) is 7.30. The fourth-order valence-electron chi connectivity index (χ4n) is 3.84. The fourth-order valence-corrected chi connectivity index (χ4v) is 4.11. The molecule has 0 aromatic heterocycles. The Labute approximate surface area is 165 Å². The molecule has 0 bridgehead atoms. The van der Waals surface area contributed by atoms with Gasteiger partial charge in [0.2, 0.25) is 5.91 Å². The average molecular weight is 385 g/mol. The molecule has 2 aliphatic rings. The van der Waals surface area contributed by atoms with Crippen LogP contribution in [0.2, 0.25) is 5.02 Å². The number of carbonyl (C=O) groups excluding carboxylic acids is 1. The van der Waals surface area contributed by atoms with Crippen LogP contribution in [0.15, 0.2) is 48.5 Å². The molecule has 2 aromatic carbocycles. The molecule has 2 saturated heterocycles. The van der Waals surface area contributed by atoms with E-state index in [0.717, 1.165) is 36.8 Å². The minimum atomic E-state index is -0.211. The third-order valence-corrected chi connectivity index (χ3v) is 5.82. The molecular formula is C21H25ClN4O. The number of benzene rings is 2. The second-order valence-corrected chi connectivity index (χ2v) is 7.71. The van der Waals surface area contributed by atoms with Gasteiger partial charge in [0.15, 0.2) is 0 Å². The summed E-state index contributed by atoms with van der Waals surface area (Å²) in [6, 6.07) is 16.2. The van der Waals surface area contributed by atoms with Gasteiger partial charge in [-0.05, 0) is 37.1 Å². The van der Waals surface area contributed by atoms with E-state index in [1.54, 1.807) is 0 Å². The van der Waals surface area contributed by atoms with Gasteiger partial charge in [-0.3, -0.25) is 4.79 Å². The van der Waals surface area contributed by atoms with E-state index in [-0.39, 0.29) is 18.0 Å². The van der Waals surface area contributed by atoms with Gasteiger partial charge in [-0.2, -0.15) is 0 Å². The molecule has 0 radical (unpaired) electrons. The van der Waals surface area contributed by atoms with Crippen molar-refractivity contribution in [3.05, 3.63) is 64.7 Å². The molecule has 2 unspecified atom stereocenters. The Hall–Kier alpha value is -2.08. The van der Waals surface area contributed by atoms with Gasteiger partial charge in [-0.25, -0.2) is 10.9 Å². The lowest BCUT2D eigenvalue weighted by Crippen LogP contribution is -2.53. The molecule has 5 nitrogen and oxygen atoms in total. The summed E-state index contributed by atoms with van der Waals surface area (Å²) in [6.45, 7) is 5.33. The lowest BCUT2D eigenvalue weighted by atomic mass is 10.0. The van der Waals surface area contributed by atoms with Crippen LogP contribution in [-0.2, 0) is 4.79 Å². The standard InChI is InChI=1S/C21H25ClN4O/c1-15-6-8-16(9-7-15)25-10-12-26(13-11-25)21(27)20-14-19(23-24-20)17-4-2-3-5-18(17)22/h2-9,19-20,23-24H,10-14H2,1H3. The Kier molecular flexibility index (Phi) is 5.34. The van der Waals surface area contributed by atoms with E-state index in [2.05, 4.69) is 46.9 Å². The van der Waals surface area contributed by atoms with Gasteiger partial charge < -0.3 is 9.80 Å². The monoisotopic (exact) mass is 384 g/mol. The number of piperazine rings is 1. The zero-order chi connectivity index (χ0) is 18.8. The van der Waals surface area contributed by atoms with Crippen molar-refractivity contribution in [1.82, 2.24) is 15.8 Å². The van der Waals surface area contributed by atoms with Crippen molar-refractivity contribution in [2.45, 2.75) is 25.4 Å². The molecule has 2 N–H and O–H groups in total. The van der Waals surface area contributed by atoms with Gasteiger partial charge in [0.1, 0.15) is 6.04 Å². The average Bonchev–Trinajstić information content (AvgIpc) is 3.18. The lowest BCUT2D eigenvalue weighted by Gasteiger charge is -2.37. The second kappa shape index (κ2) is 7.89. The predicted molar refractivity (Wildman–Crippen MR) is 109 cm³/mol. The molecule has 2 fully saturated rings. The normalized spacial score (nSPS) is 22.9. The molecule has 6 heteroatoms. The van der Waals surface area contributed by atoms with Gasteiger partial charge in [-0.1, -0.05) is 47.5 Å². The van der Waals surface area contributed by atoms with Crippen LogP contribution in [-0.4, -0.2) is 43.0 Å². The molecule has 142 valence electrons. The third-order valence-electron chi connectivity index (χ3n) is 5.47. The van der Waals surface area contributed by atoms with Crippen LogP contribution in [0.25, 0.3) is 0 Å². The van der Waals surface area contributed by atoms with Crippen molar-refractivity contribution in [3.63, 3.8) is 0 Å². The largest absolute Gasteiger partial charge is 0.368 e. The summed E-state index contributed by atoms with van der Waals surface area (Å²) in [7, 11) is 0. The van der Waals surface area contributed by atoms with Crippen molar-refractivity contribution in [1.29, 1.82) is 0 Å². The van der Waals surface area contributed by atoms with E-state index in [4.69, 9.17) is 11.6 Å². The Morgan fingerprint density at radius 2 is 1.70 bits per heavy atom. The number of nitrogens with zero attached hydrogens (tertiary/aromatic N) is 2. The zero-order valence-electron chi connectivity index (χ0n) is 15.5. The van der Waals surface area contributed by atoms with E-state index in [9.17, 15) is 4.79 Å². The van der Waals surface area contributed by atoms with Crippen LogP contribution >= 0.6 is 11.6 Å². The maximum absolute atomic E-state index is 12.9. The first kappa shape index (κ1) is 18.3. The number of carbonyl (C=O) groups is 1. The van der Waals surface area contributed by atoms with Crippen molar-refractivity contribution < 1.29 is 4.79 Å². The molecule has 27 heavy (non-hydrogen) atoms. The Bertz CT molecular complexity index is 802. The van der Waals surface area contributed by atoms with Crippen LogP contribution in [0.4, 0.5) is 5.69 Å². The molecular weight excluding hydrogens is 360 g/mol. The van der Waals surface area contributed by atoms with Crippen LogP contribution in [0.3, 0.4) is 0 Å². The molecule has 0 spiro atoms. The summed E-state index contributed by atoms with van der Waals surface area (Å²) in [5.74, 6) is 0.167. The zero-order valence-corrected chi connectivity index (χ0v) is 16.2. The number of halogens is 1. The minimum Gasteiger partial charge on any atom is -0.368 e. The van der Waals surface area contributed by atoms with Gasteiger partial charge in [0.25, 0.3) is 0 Å². The summed E-state index contributed by atoms with van der Waals surface area (Å²) in [6.07, 6.45) is 0.709. The summed E-state index contributed by atoms with van der Waals surface area (Å²) in [5.41, 5.74) is 9.92. The highest BCUT2D eigenvalue weighted by Crippen LogP contribution is 2.29. The van der Waals surface area contributed by atoms with Crippen LogP contribution in [0, 0.1) is 6.92 Å². The Balaban J connectivity index is 1.33. The van der Waals surface area contributed by atoms with Gasteiger partial charge in [0, 0.05) is 42.9 Å². The lowest BCUT2D eigenvalue weighted by molar-refractivity contribution is -0.133.